The number of carboxylic acid groups (broad SMARTS) is 1. The Morgan fingerprint density at radius 2 is 1.81 bits per heavy atom. The van der Waals surface area contributed by atoms with Crippen molar-refractivity contribution < 1.29 is 14.7 Å². The summed E-state index contributed by atoms with van der Waals surface area (Å²) in [5.74, 6) is -0.815. The van der Waals surface area contributed by atoms with Crippen molar-refractivity contribution >= 4 is 22.9 Å². The summed E-state index contributed by atoms with van der Waals surface area (Å²) in [5, 5.41) is 12.2. The van der Waals surface area contributed by atoms with Gasteiger partial charge in [-0.25, -0.2) is 9.78 Å². The highest BCUT2D eigenvalue weighted by atomic mass is 16.4. The SMILES string of the molecule is Cc1ccc(C)n1CC[C@H](NC(=O)c1ccc2nc(-c3ccncc3)[nH]c2c1)C(=O)O. The Hall–Kier alpha value is -3.94. The minimum atomic E-state index is -1.06. The zero-order chi connectivity index (χ0) is 22.0. The molecule has 4 aromatic rings. The minimum absolute atomic E-state index is 0.288. The molecule has 0 fully saturated rings. The maximum Gasteiger partial charge on any atom is 0.326 e. The average molecular weight is 417 g/mol. The molecule has 158 valence electrons. The van der Waals surface area contributed by atoms with Gasteiger partial charge < -0.3 is 20.0 Å². The molecule has 3 heterocycles. The Balaban J connectivity index is 1.50. The second-order valence-electron chi connectivity index (χ2n) is 7.47. The molecule has 0 bridgehead atoms. The molecule has 1 amide bonds. The minimum Gasteiger partial charge on any atom is -0.480 e. The van der Waals surface area contributed by atoms with E-state index in [2.05, 4.69) is 20.3 Å². The maximum absolute atomic E-state index is 12.8. The van der Waals surface area contributed by atoms with Crippen LogP contribution in [0.3, 0.4) is 0 Å². The van der Waals surface area contributed by atoms with E-state index in [1.165, 1.54) is 0 Å². The lowest BCUT2D eigenvalue weighted by molar-refractivity contribution is -0.139. The Labute approximate surface area is 179 Å². The van der Waals surface area contributed by atoms with Gasteiger partial charge in [0.05, 0.1) is 11.0 Å². The standard InChI is InChI=1S/C23H23N5O3/c1-14-3-4-15(2)28(14)12-9-19(23(30)31)27-22(29)17-5-6-18-20(13-17)26-21(25-18)16-7-10-24-11-8-16/h3-8,10-11,13,19H,9,12H2,1-2H3,(H,25,26)(H,27,29)(H,30,31)/t19-/m0/s1. The van der Waals surface area contributed by atoms with Crippen LogP contribution in [0.1, 0.15) is 28.2 Å². The monoisotopic (exact) mass is 417 g/mol. The van der Waals surface area contributed by atoms with E-state index in [0.29, 0.717) is 23.4 Å². The number of fused-ring (bicyclic) bond motifs is 1. The second kappa shape index (κ2) is 8.43. The number of carbonyl (C=O) groups excluding carboxylic acids is 1. The van der Waals surface area contributed by atoms with Crippen LogP contribution in [-0.4, -0.2) is 42.5 Å². The summed E-state index contributed by atoms with van der Waals surface area (Å²) < 4.78 is 2.04. The number of nitrogens with zero attached hydrogens (tertiary/aromatic N) is 3. The Morgan fingerprint density at radius 3 is 2.48 bits per heavy atom. The quantitative estimate of drug-likeness (QED) is 0.427. The van der Waals surface area contributed by atoms with Gasteiger partial charge in [-0.05, 0) is 62.7 Å². The highest BCUT2D eigenvalue weighted by Crippen LogP contribution is 2.21. The van der Waals surface area contributed by atoms with Crippen molar-refractivity contribution in [3.63, 3.8) is 0 Å². The van der Waals surface area contributed by atoms with Gasteiger partial charge in [0.25, 0.3) is 5.91 Å². The lowest BCUT2D eigenvalue weighted by Crippen LogP contribution is -2.41. The number of aliphatic carboxylic acids is 1. The van der Waals surface area contributed by atoms with Crippen LogP contribution >= 0.6 is 0 Å². The normalized spacial score (nSPS) is 12.1. The number of aryl methyl sites for hydroxylation is 2. The number of carbonyl (C=O) groups is 2. The zero-order valence-electron chi connectivity index (χ0n) is 17.3. The van der Waals surface area contributed by atoms with Crippen LogP contribution in [0.2, 0.25) is 0 Å². The van der Waals surface area contributed by atoms with Crippen LogP contribution in [-0.2, 0) is 11.3 Å². The zero-order valence-corrected chi connectivity index (χ0v) is 17.3. The van der Waals surface area contributed by atoms with E-state index in [-0.39, 0.29) is 6.42 Å². The van der Waals surface area contributed by atoms with E-state index in [4.69, 9.17) is 0 Å². The first-order valence-electron chi connectivity index (χ1n) is 9.99. The molecule has 31 heavy (non-hydrogen) atoms. The van der Waals surface area contributed by atoms with Gasteiger partial charge in [0.15, 0.2) is 0 Å². The molecule has 1 aromatic carbocycles. The van der Waals surface area contributed by atoms with Crippen molar-refractivity contribution in [1.82, 2.24) is 24.8 Å². The second-order valence-corrected chi connectivity index (χ2v) is 7.47. The summed E-state index contributed by atoms with van der Waals surface area (Å²) in [6.07, 6.45) is 3.66. The first-order chi connectivity index (χ1) is 14.9. The number of hydrogen-bond donors (Lipinski definition) is 3. The predicted octanol–water partition coefficient (Wildman–Crippen LogP) is 3.32. The summed E-state index contributed by atoms with van der Waals surface area (Å²) in [7, 11) is 0. The summed E-state index contributed by atoms with van der Waals surface area (Å²) in [4.78, 5) is 36.2. The highest BCUT2D eigenvalue weighted by molar-refractivity contribution is 5.99. The number of benzene rings is 1. The summed E-state index contributed by atoms with van der Waals surface area (Å²) in [6.45, 7) is 4.46. The van der Waals surface area contributed by atoms with Crippen LogP contribution in [0.25, 0.3) is 22.4 Å². The number of nitrogens with one attached hydrogen (secondary N) is 2. The lowest BCUT2D eigenvalue weighted by atomic mass is 10.1. The molecule has 0 radical (unpaired) electrons. The van der Waals surface area contributed by atoms with Gasteiger partial charge in [0.1, 0.15) is 11.9 Å². The van der Waals surface area contributed by atoms with Gasteiger partial charge in [-0.1, -0.05) is 0 Å². The Bertz CT molecular complexity index is 1220. The van der Waals surface area contributed by atoms with Crippen LogP contribution < -0.4 is 5.32 Å². The van der Waals surface area contributed by atoms with Crippen molar-refractivity contribution in [1.29, 1.82) is 0 Å². The first-order valence-corrected chi connectivity index (χ1v) is 9.99. The third-order valence-corrected chi connectivity index (χ3v) is 5.36. The fourth-order valence-electron chi connectivity index (χ4n) is 3.61. The summed E-state index contributed by atoms with van der Waals surface area (Å²) >= 11 is 0. The number of amides is 1. The number of carboxylic acids is 1. The molecule has 3 N–H and O–H groups in total. The first kappa shape index (κ1) is 20.3. The van der Waals surface area contributed by atoms with Gasteiger partial charge in [0.2, 0.25) is 0 Å². The van der Waals surface area contributed by atoms with E-state index in [1.807, 2.05) is 42.7 Å². The van der Waals surface area contributed by atoms with Crippen LogP contribution in [0.4, 0.5) is 0 Å². The molecule has 1 atom stereocenters. The molecular weight excluding hydrogens is 394 g/mol. The molecule has 4 rings (SSSR count). The molecule has 8 heteroatoms. The molecule has 0 aliphatic carbocycles. The van der Waals surface area contributed by atoms with Crippen LogP contribution in [0.5, 0.6) is 0 Å². The maximum atomic E-state index is 12.8. The summed E-state index contributed by atoms with van der Waals surface area (Å²) in [6, 6.07) is 11.8. The van der Waals surface area contributed by atoms with Gasteiger partial charge >= 0.3 is 5.97 Å². The fourth-order valence-corrected chi connectivity index (χ4v) is 3.61. The van der Waals surface area contributed by atoms with Crippen molar-refractivity contribution in [3.05, 3.63) is 71.8 Å². The molecule has 3 aromatic heterocycles. The molecule has 0 saturated heterocycles. The van der Waals surface area contributed by atoms with Crippen molar-refractivity contribution in [2.45, 2.75) is 32.9 Å². The number of aromatic amines is 1. The van der Waals surface area contributed by atoms with E-state index in [0.717, 1.165) is 22.5 Å². The van der Waals surface area contributed by atoms with Crippen molar-refractivity contribution in [2.24, 2.45) is 0 Å². The highest BCUT2D eigenvalue weighted by Gasteiger charge is 2.21. The summed E-state index contributed by atoms with van der Waals surface area (Å²) in [5.41, 5.74) is 4.79. The molecular formula is C23H23N5O3. The van der Waals surface area contributed by atoms with Gasteiger partial charge in [0, 0.05) is 41.5 Å². The molecule has 0 aliphatic rings. The third kappa shape index (κ3) is 4.32. The van der Waals surface area contributed by atoms with E-state index >= 15 is 0 Å². The third-order valence-electron chi connectivity index (χ3n) is 5.36. The average Bonchev–Trinajstić information content (AvgIpc) is 3.34. The van der Waals surface area contributed by atoms with Crippen LogP contribution in [0.15, 0.2) is 54.9 Å². The smallest absolute Gasteiger partial charge is 0.326 e. The molecule has 0 aliphatic heterocycles. The van der Waals surface area contributed by atoms with E-state index in [1.54, 1.807) is 30.6 Å². The van der Waals surface area contributed by atoms with Crippen molar-refractivity contribution in [3.8, 4) is 11.4 Å². The molecule has 0 saturated carbocycles. The number of imidazole rings is 1. The van der Waals surface area contributed by atoms with E-state index < -0.39 is 17.9 Å². The largest absolute Gasteiger partial charge is 0.480 e. The number of aromatic nitrogens is 4. The number of rotatable bonds is 7. The van der Waals surface area contributed by atoms with E-state index in [9.17, 15) is 14.7 Å². The fraction of sp³-hybridized carbons (Fsp3) is 0.217. The lowest BCUT2D eigenvalue weighted by Gasteiger charge is -2.16. The number of hydrogen-bond acceptors (Lipinski definition) is 4. The molecule has 0 unspecified atom stereocenters. The van der Waals surface area contributed by atoms with Gasteiger partial charge in [-0.3, -0.25) is 9.78 Å². The number of pyridine rings is 1. The topological polar surface area (TPSA) is 113 Å². The van der Waals surface area contributed by atoms with Gasteiger partial charge in [-0.2, -0.15) is 0 Å². The Morgan fingerprint density at radius 1 is 1.10 bits per heavy atom. The van der Waals surface area contributed by atoms with Gasteiger partial charge in [-0.15, -0.1) is 0 Å². The number of H-pyrrole nitrogens is 1. The Kier molecular flexibility index (Phi) is 5.53. The molecule has 8 nitrogen and oxygen atoms in total. The molecule has 0 spiro atoms. The van der Waals surface area contributed by atoms with Crippen molar-refractivity contribution in [2.75, 3.05) is 0 Å². The van der Waals surface area contributed by atoms with Crippen LogP contribution in [0, 0.1) is 13.8 Å². The predicted molar refractivity (Wildman–Crippen MR) is 117 cm³/mol.